The van der Waals surface area contributed by atoms with Gasteiger partial charge in [-0.1, -0.05) is 6.07 Å². The number of hydrogen-bond donors (Lipinski definition) is 1. The van der Waals surface area contributed by atoms with E-state index in [0.29, 0.717) is 23.1 Å². The molecule has 5 heteroatoms. The van der Waals surface area contributed by atoms with Crippen molar-refractivity contribution in [2.24, 2.45) is 0 Å². The lowest BCUT2D eigenvalue weighted by Crippen LogP contribution is -2.09. The molecule has 0 saturated carbocycles. The van der Waals surface area contributed by atoms with E-state index in [9.17, 15) is 0 Å². The minimum absolute atomic E-state index is 0.0496. The van der Waals surface area contributed by atoms with Gasteiger partial charge in [0.25, 0.3) is 0 Å². The molecule has 0 radical (unpaired) electrons. The van der Waals surface area contributed by atoms with Gasteiger partial charge in [-0.15, -0.1) is 0 Å². The molecule has 0 aliphatic heterocycles. The second kappa shape index (κ2) is 6.83. The quantitative estimate of drug-likeness (QED) is 0.884. The summed E-state index contributed by atoms with van der Waals surface area (Å²) in [5.74, 6) is 2.84. The van der Waals surface area contributed by atoms with E-state index in [2.05, 4.69) is 17.2 Å². The highest BCUT2D eigenvalue weighted by Crippen LogP contribution is 2.32. The lowest BCUT2D eigenvalue weighted by atomic mass is 10.1. The molecule has 1 atom stereocenters. The highest BCUT2D eigenvalue weighted by atomic mass is 16.5. The van der Waals surface area contributed by atoms with Crippen LogP contribution in [0.5, 0.6) is 17.2 Å². The largest absolute Gasteiger partial charge is 0.493 e. The first-order valence-electron chi connectivity index (χ1n) is 6.67. The van der Waals surface area contributed by atoms with Gasteiger partial charge in [0, 0.05) is 6.20 Å². The molecule has 1 aromatic heterocycles. The zero-order chi connectivity index (χ0) is 15.2. The molecule has 1 unspecified atom stereocenters. The van der Waals surface area contributed by atoms with Crippen LogP contribution in [0.2, 0.25) is 0 Å². The summed E-state index contributed by atoms with van der Waals surface area (Å²) in [5, 5.41) is 3.33. The summed E-state index contributed by atoms with van der Waals surface area (Å²) in [6, 6.07) is 9.60. The number of ether oxygens (including phenoxy) is 3. The van der Waals surface area contributed by atoms with E-state index in [0.717, 1.165) is 5.56 Å². The fourth-order valence-corrected chi connectivity index (χ4v) is 2.07. The van der Waals surface area contributed by atoms with Crippen molar-refractivity contribution in [1.29, 1.82) is 0 Å². The van der Waals surface area contributed by atoms with Crippen LogP contribution >= 0.6 is 0 Å². The fraction of sp³-hybridized carbons (Fsp3) is 0.312. The minimum atomic E-state index is 0.0496. The van der Waals surface area contributed by atoms with Gasteiger partial charge in [0.15, 0.2) is 23.1 Å². The summed E-state index contributed by atoms with van der Waals surface area (Å²) in [6.45, 7) is 2.05. The van der Waals surface area contributed by atoms with E-state index in [-0.39, 0.29) is 6.04 Å². The normalized spacial score (nSPS) is 11.6. The van der Waals surface area contributed by atoms with Crippen molar-refractivity contribution in [3.05, 3.63) is 42.1 Å². The maximum Gasteiger partial charge on any atom is 0.169 e. The molecule has 112 valence electrons. The molecule has 1 aromatic carbocycles. The average Bonchev–Trinajstić information content (AvgIpc) is 2.54. The third kappa shape index (κ3) is 3.37. The first kappa shape index (κ1) is 15.0. The number of benzene rings is 1. The fourth-order valence-electron chi connectivity index (χ4n) is 2.07. The van der Waals surface area contributed by atoms with E-state index in [1.165, 1.54) is 0 Å². The Kier molecular flexibility index (Phi) is 4.87. The molecule has 2 rings (SSSR count). The number of nitrogens with zero attached hydrogens (tertiary/aromatic N) is 1. The van der Waals surface area contributed by atoms with Crippen molar-refractivity contribution < 1.29 is 14.2 Å². The van der Waals surface area contributed by atoms with E-state index in [4.69, 9.17) is 14.2 Å². The first-order valence-corrected chi connectivity index (χ1v) is 6.67. The van der Waals surface area contributed by atoms with Gasteiger partial charge in [0.2, 0.25) is 0 Å². The van der Waals surface area contributed by atoms with Crippen molar-refractivity contribution in [3.8, 4) is 17.2 Å². The van der Waals surface area contributed by atoms with Crippen LogP contribution in [0.3, 0.4) is 0 Å². The summed E-state index contributed by atoms with van der Waals surface area (Å²) in [4.78, 5) is 4.30. The molecule has 0 aliphatic rings. The van der Waals surface area contributed by atoms with Crippen molar-refractivity contribution in [1.82, 2.24) is 4.98 Å². The van der Waals surface area contributed by atoms with Crippen molar-refractivity contribution >= 4 is 5.82 Å². The maximum atomic E-state index is 5.33. The Bertz CT molecular complexity index is 602. The SMILES string of the molecule is COc1ccc(C(C)Nc2ncccc2OC)cc1OC. The first-order chi connectivity index (χ1) is 10.2. The Balaban J connectivity index is 2.22. The zero-order valence-electron chi connectivity index (χ0n) is 12.7. The van der Waals surface area contributed by atoms with Gasteiger partial charge in [0.1, 0.15) is 0 Å². The highest BCUT2D eigenvalue weighted by Gasteiger charge is 2.12. The van der Waals surface area contributed by atoms with E-state index in [1.807, 2.05) is 30.3 Å². The molecule has 1 heterocycles. The predicted octanol–water partition coefficient (Wildman–Crippen LogP) is 3.28. The van der Waals surface area contributed by atoms with Gasteiger partial charge in [-0.3, -0.25) is 0 Å². The van der Waals surface area contributed by atoms with Crippen molar-refractivity contribution in [3.63, 3.8) is 0 Å². The third-order valence-electron chi connectivity index (χ3n) is 3.25. The number of hydrogen-bond acceptors (Lipinski definition) is 5. The molecule has 0 bridgehead atoms. The molecule has 2 aromatic rings. The van der Waals surface area contributed by atoms with Crippen LogP contribution in [0, 0.1) is 0 Å². The standard InChI is InChI=1S/C16H20N2O3/c1-11(18-16-14(20-3)6-5-9-17-16)12-7-8-13(19-2)15(10-12)21-4/h5-11H,1-4H3,(H,17,18). The number of rotatable bonds is 6. The number of pyridine rings is 1. The Morgan fingerprint density at radius 3 is 2.33 bits per heavy atom. The van der Waals surface area contributed by atoms with Gasteiger partial charge < -0.3 is 19.5 Å². The minimum Gasteiger partial charge on any atom is -0.493 e. The van der Waals surface area contributed by atoms with Crippen LogP contribution < -0.4 is 19.5 Å². The summed E-state index contributed by atoms with van der Waals surface area (Å²) >= 11 is 0. The predicted molar refractivity (Wildman–Crippen MR) is 82.4 cm³/mol. The maximum absolute atomic E-state index is 5.33. The highest BCUT2D eigenvalue weighted by molar-refractivity contribution is 5.52. The molecular weight excluding hydrogens is 268 g/mol. The summed E-state index contributed by atoms with van der Waals surface area (Å²) < 4.78 is 15.9. The zero-order valence-corrected chi connectivity index (χ0v) is 12.7. The van der Waals surface area contributed by atoms with Gasteiger partial charge >= 0.3 is 0 Å². The molecule has 0 fully saturated rings. The van der Waals surface area contributed by atoms with E-state index in [1.54, 1.807) is 27.5 Å². The smallest absolute Gasteiger partial charge is 0.169 e. The van der Waals surface area contributed by atoms with Crippen LogP contribution in [-0.4, -0.2) is 26.3 Å². The van der Waals surface area contributed by atoms with Gasteiger partial charge in [-0.2, -0.15) is 0 Å². The summed E-state index contributed by atoms with van der Waals surface area (Å²) in [7, 11) is 4.88. The van der Waals surface area contributed by atoms with Gasteiger partial charge in [0.05, 0.1) is 27.4 Å². The summed E-state index contributed by atoms with van der Waals surface area (Å²) in [6.07, 6.45) is 1.73. The van der Waals surface area contributed by atoms with Crippen LogP contribution in [0.25, 0.3) is 0 Å². The monoisotopic (exact) mass is 288 g/mol. The van der Waals surface area contributed by atoms with Crippen LogP contribution in [0.4, 0.5) is 5.82 Å². The molecule has 21 heavy (non-hydrogen) atoms. The number of aromatic nitrogens is 1. The Morgan fingerprint density at radius 1 is 0.952 bits per heavy atom. The number of nitrogens with one attached hydrogen (secondary N) is 1. The van der Waals surface area contributed by atoms with Crippen molar-refractivity contribution in [2.45, 2.75) is 13.0 Å². The lowest BCUT2D eigenvalue weighted by molar-refractivity contribution is 0.354. The molecule has 5 nitrogen and oxygen atoms in total. The molecule has 1 N–H and O–H groups in total. The number of methoxy groups -OCH3 is 3. The molecule has 0 spiro atoms. The summed E-state index contributed by atoms with van der Waals surface area (Å²) in [5.41, 5.74) is 1.07. The Labute approximate surface area is 124 Å². The molecule has 0 saturated heterocycles. The van der Waals surface area contributed by atoms with Gasteiger partial charge in [-0.05, 0) is 36.8 Å². The second-order valence-corrected chi connectivity index (χ2v) is 4.53. The Hall–Kier alpha value is -2.43. The van der Waals surface area contributed by atoms with E-state index < -0.39 is 0 Å². The Morgan fingerprint density at radius 2 is 1.67 bits per heavy atom. The second-order valence-electron chi connectivity index (χ2n) is 4.53. The molecule has 0 aliphatic carbocycles. The van der Waals surface area contributed by atoms with E-state index >= 15 is 0 Å². The van der Waals surface area contributed by atoms with Crippen LogP contribution in [-0.2, 0) is 0 Å². The molecule has 0 amide bonds. The molecular formula is C16H20N2O3. The average molecular weight is 288 g/mol. The third-order valence-corrected chi connectivity index (χ3v) is 3.25. The lowest BCUT2D eigenvalue weighted by Gasteiger charge is -2.18. The van der Waals surface area contributed by atoms with Crippen molar-refractivity contribution in [2.75, 3.05) is 26.6 Å². The van der Waals surface area contributed by atoms with Crippen LogP contribution in [0.15, 0.2) is 36.5 Å². The number of anilines is 1. The van der Waals surface area contributed by atoms with Gasteiger partial charge in [-0.25, -0.2) is 4.98 Å². The topological polar surface area (TPSA) is 52.6 Å². The van der Waals surface area contributed by atoms with Crippen LogP contribution in [0.1, 0.15) is 18.5 Å².